The van der Waals surface area contributed by atoms with Crippen LogP contribution in [0.2, 0.25) is 0 Å². The van der Waals surface area contributed by atoms with Crippen LogP contribution in [-0.4, -0.2) is 25.3 Å². The number of nitrogens with zero attached hydrogens (tertiary/aromatic N) is 1. The van der Waals surface area contributed by atoms with Crippen molar-refractivity contribution in [3.8, 4) is 17.0 Å². The van der Waals surface area contributed by atoms with Crippen LogP contribution in [-0.2, 0) is 16.7 Å². The smallest absolute Gasteiger partial charge is 0.264 e. The average Bonchev–Trinajstić information content (AvgIpc) is 3.10. The topological polar surface area (TPSA) is 67.5 Å². The Kier molecular flexibility index (Phi) is 4.26. The van der Waals surface area contributed by atoms with Gasteiger partial charge in [0.05, 0.1) is 28.7 Å². The molecule has 0 fully saturated rings. The second-order valence-electron chi connectivity index (χ2n) is 7.30. The quantitative estimate of drug-likeness (QED) is 0.208. The predicted octanol–water partition coefficient (Wildman–Crippen LogP) is 3.97. The Morgan fingerprint density at radius 2 is 1.66 bits per heavy atom. The summed E-state index contributed by atoms with van der Waals surface area (Å²) < 4.78 is 38.6. The number of hydrogen-bond acceptors (Lipinski definition) is 3. The van der Waals surface area contributed by atoms with Crippen molar-refractivity contribution in [2.45, 2.75) is 13.0 Å². The van der Waals surface area contributed by atoms with E-state index in [9.17, 15) is 8.42 Å². The highest BCUT2D eigenvalue weighted by molar-refractivity contribution is 7.85. The lowest BCUT2D eigenvalue weighted by atomic mass is 9.99. The van der Waals surface area contributed by atoms with Crippen LogP contribution in [0.15, 0.2) is 66.7 Å². The lowest BCUT2D eigenvalue weighted by molar-refractivity contribution is -0.644. The number of fused-ring (bicyclic) bond motifs is 8. The van der Waals surface area contributed by atoms with Gasteiger partial charge in [0.1, 0.15) is 5.75 Å². The highest BCUT2D eigenvalue weighted by atomic mass is 32.2. The van der Waals surface area contributed by atoms with E-state index >= 15 is 0 Å². The first kappa shape index (κ1) is 18.1. The summed E-state index contributed by atoms with van der Waals surface area (Å²) in [5.41, 5.74) is 4.79. The number of para-hydroxylation sites is 1. The van der Waals surface area contributed by atoms with E-state index in [0.717, 1.165) is 6.54 Å². The molecule has 0 amide bonds. The van der Waals surface area contributed by atoms with Crippen LogP contribution in [0.1, 0.15) is 12.0 Å². The molecule has 6 heteroatoms. The Morgan fingerprint density at radius 3 is 2.45 bits per heavy atom. The normalized spacial score (nSPS) is 12.9. The number of benzene rings is 3. The lowest BCUT2D eigenvalue weighted by Crippen LogP contribution is -2.33. The van der Waals surface area contributed by atoms with Gasteiger partial charge in [0.2, 0.25) is 11.2 Å². The van der Waals surface area contributed by atoms with Gasteiger partial charge in [-0.3, -0.25) is 4.55 Å². The van der Waals surface area contributed by atoms with Crippen LogP contribution < -0.4 is 9.30 Å². The number of rotatable bonds is 5. The summed E-state index contributed by atoms with van der Waals surface area (Å²) in [5, 5.41) is 3.71. The van der Waals surface area contributed by atoms with Gasteiger partial charge in [-0.15, -0.1) is 0 Å². The third-order valence-electron chi connectivity index (χ3n) is 5.41. The molecule has 0 saturated carbocycles. The summed E-state index contributed by atoms with van der Waals surface area (Å²) in [6.45, 7) is 1.00. The second kappa shape index (κ2) is 6.83. The fourth-order valence-corrected chi connectivity index (χ4v) is 4.69. The summed E-state index contributed by atoms with van der Waals surface area (Å²) >= 11 is 0. The fraction of sp³-hybridized carbons (Fsp3) is 0.174. The Bertz CT molecular complexity index is 1360. The Morgan fingerprint density at radius 1 is 0.931 bits per heavy atom. The molecule has 5 rings (SSSR count). The highest BCUT2D eigenvalue weighted by Crippen LogP contribution is 2.37. The lowest BCUT2D eigenvalue weighted by Gasteiger charge is -2.07. The first-order valence-electron chi connectivity index (χ1n) is 9.56. The molecule has 2 heterocycles. The monoisotopic (exact) mass is 406 g/mol. The van der Waals surface area contributed by atoms with Gasteiger partial charge in [-0.25, -0.2) is 0 Å². The molecule has 29 heavy (non-hydrogen) atoms. The molecule has 0 unspecified atom stereocenters. The van der Waals surface area contributed by atoms with E-state index in [1.807, 2.05) is 12.1 Å². The molecule has 0 aliphatic carbocycles. The largest absolute Gasteiger partial charge is 0.494 e. The van der Waals surface area contributed by atoms with Crippen molar-refractivity contribution in [1.82, 2.24) is 0 Å². The van der Waals surface area contributed by atoms with Crippen LogP contribution in [0.3, 0.4) is 0 Å². The molecule has 1 N–H and O–H groups in total. The van der Waals surface area contributed by atoms with E-state index < -0.39 is 10.1 Å². The van der Waals surface area contributed by atoms with E-state index in [4.69, 9.17) is 9.29 Å². The summed E-state index contributed by atoms with van der Waals surface area (Å²) in [6, 6.07) is 23.0. The van der Waals surface area contributed by atoms with E-state index in [-0.39, 0.29) is 18.8 Å². The Hall–Kier alpha value is -2.96. The van der Waals surface area contributed by atoms with Crippen LogP contribution in [0.4, 0.5) is 0 Å². The zero-order chi connectivity index (χ0) is 20.0. The fourth-order valence-electron chi connectivity index (χ4n) is 4.21. The summed E-state index contributed by atoms with van der Waals surface area (Å²) in [5.74, 6) is 0.415. The van der Waals surface area contributed by atoms with Crippen molar-refractivity contribution in [1.29, 1.82) is 0 Å². The molecular weight excluding hydrogens is 386 g/mol. The molecule has 3 aromatic carbocycles. The molecule has 0 saturated heterocycles. The van der Waals surface area contributed by atoms with Crippen LogP contribution >= 0.6 is 0 Å². The molecule has 0 radical (unpaired) electrons. The zero-order valence-corrected chi connectivity index (χ0v) is 16.5. The number of aromatic nitrogens is 1. The summed E-state index contributed by atoms with van der Waals surface area (Å²) in [4.78, 5) is 0. The molecule has 4 aromatic rings. The van der Waals surface area contributed by atoms with Gasteiger partial charge < -0.3 is 4.74 Å². The van der Waals surface area contributed by atoms with Crippen molar-refractivity contribution in [3.63, 3.8) is 0 Å². The minimum atomic E-state index is -3.95. The van der Waals surface area contributed by atoms with Gasteiger partial charge in [-0.2, -0.15) is 13.0 Å². The molecule has 1 aliphatic heterocycles. The molecule has 146 valence electrons. The van der Waals surface area contributed by atoms with Crippen molar-refractivity contribution in [2.75, 3.05) is 12.4 Å². The van der Waals surface area contributed by atoms with Gasteiger partial charge in [-0.1, -0.05) is 30.3 Å². The number of pyridine rings is 1. The highest BCUT2D eigenvalue weighted by Gasteiger charge is 2.31. The minimum absolute atomic E-state index is 0.241. The van der Waals surface area contributed by atoms with E-state index in [0.29, 0.717) is 5.75 Å². The third-order valence-corrected chi connectivity index (χ3v) is 6.22. The molecule has 5 nitrogen and oxygen atoms in total. The van der Waals surface area contributed by atoms with Gasteiger partial charge in [-0.05, 0) is 36.8 Å². The molecule has 1 aliphatic rings. The molecular formula is C23H20NO4S+. The summed E-state index contributed by atoms with van der Waals surface area (Å²) in [7, 11) is -3.95. The van der Waals surface area contributed by atoms with Gasteiger partial charge in [0.25, 0.3) is 10.1 Å². The maximum atomic E-state index is 10.8. The first-order valence-corrected chi connectivity index (χ1v) is 11.2. The van der Waals surface area contributed by atoms with E-state index in [1.165, 1.54) is 38.5 Å². The van der Waals surface area contributed by atoms with E-state index in [2.05, 4.69) is 59.2 Å². The van der Waals surface area contributed by atoms with Crippen molar-refractivity contribution < 1.29 is 22.3 Å². The van der Waals surface area contributed by atoms with Crippen LogP contribution in [0, 0.1) is 0 Å². The molecule has 0 bridgehead atoms. The first-order chi connectivity index (χ1) is 14.0. The number of hydrogen-bond donors (Lipinski definition) is 1. The van der Waals surface area contributed by atoms with Crippen molar-refractivity contribution in [3.05, 3.63) is 72.3 Å². The number of ether oxygens (including phenoxy) is 1. The molecule has 0 spiro atoms. The van der Waals surface area contributed by atoms with E-state index in [1.54, 1.807) is 0 Å². The zero-order valence-electron chi connectivity index (χ0n) is 15.7. The van der Waals surface area contributed by atoms with Gasteiger partial charge >= 0.3 is 0 Å². The standard InChI is InChI=1S/C23H19NO4S/c25-29(26,27)13-5-12-28-17-10-11-18-16(14-17)15-24-22-9-4-3-7-20(22)19-6-1-2-8-21(19)23(18)24/h1-4,6-11,14H,5,12-13,15H2/p+1. The van der Waals surface area contributed by atoms with Gasteiger partial charge in [0.15, 0.2) is 6.54 Å². The van der Waals surface area contributed by atoms with Crippen LogP contribution in [0.5, 0.6) is 5.75 Å². The van der Waals surface area contributed by atoms with Crippen molar-refractivity contribution in [2.24, 2.45) is 0 Å². The molecule has 1 aromatic heterocycles. The maximum Gasteiger partial charge on any atom is 0.264 e. The molecule has 0 atom stereocenters. The maximum absolute atomic E-state index is 10.8. The SMILES string of the molecule is O=S(=O)(O)CCCOc1ccc2c(c1)C[n+]1c-2c2ccccc2c2ccccc21. The Balaban J connectivity index is 1.54. The van der Waals surface area contributed by atoms with Gasteiger partial charge in [0, 0.05) is 17.0 Å². The minimum Gasteiger partial charge on any atom is -0.494 e. The van der Waals surface area contributed by atoms with Crippen molar-refractivity contribution >= 4 is 31.8 Å². The summed E-state index contributed by atoms with van der Waals surface area (Å²) in [6.07, 6.45) is 0.250. The predicted molar refractivity (Wildman–Crippen MR) is 113 cm³/mol. The third kappa shape index (κ3) is 3.24. The van der Waals surface area contributed by atoms with Crippen LogP contribution in [0.25, 0.3) is 32.9 Å². The average molecular weight is 406 g/mol. The Labute approximate surface area is 168 Å². The second-order valence-corrected chi connectivity index (χ2v) is 8.88.